The number of hydrogen-bond donors (Lipinski definition) is 1. The van der Waals surface area contributed by atoms with E-state index in [2.05, 4.69) is 5.48 Å². The molecule has 0 amide bonds. The Hall–Kier alpha value is -0.120. The minimum Gasteiger partial charge on any atom is -0.347 e. The van der Waals surface area contributed by atoms with E-state index in [1.54, 1.807) is 0 Å². The molecule has 1 saturated carbocycles. The van der Waals surface area contributed by atoms with Crippen LogP contribution in [0.1, 0.15) is 25.7 Å². The quantitative estimate of drug-likeness (QED) is 0.544. The topological polar surface area (TPSA) is 30.5 Å². The van der Waals surface area contributed by atoms with Crippen LogP contribution >= 0.6 is 0 Å². The van der Waals surface area contributed by atoms with Crippen molar-refractivity contribution in [2.24, 2.45) is 0 Å². The third-order valence-corrected chi connectivity index (χ3v) is 2.19. The van der Waals surface area contributed by atoms with Crippen molar-refractivity contribution in [3.8, 4) is 0 Å². The highest BCUT2D eigenvalue weighted by Crippen LogP contribution is 2.34. The van der Waals surface area contributed by atoms with Crippen LogP contribution in [0, 0.1) is 0 Å². The first kappa shape index (κ1) is 6.58. The minimum absolute atomic E-state index is 0.238. The summed E-state index contributed by atoms with van der Waals surface area (Å²) in [5, 5.41) is 0. The van der Waals surface area contributed by atoms with Crippen molar-refractivity contribution in [3.63, 3.8) is 0 Å². The van der Waals surface area contributed by atoms with Crippen molar-refractivity contribution in [1.82, 2.24) is 5.48 Å². The Kier molecular flexibility index (Phi) is 1.64. The fourth-order valence-electron chi connectivity index (χ4n) is 1.65. The Balaban J connectivity index is 1.98. The van der Waals surface area contributed by atoms with Gasteiger partial charge >= 0.3 is 0 Å². The van der Waals surface area contributed by atoms with Crippen LogP contribution in [0.2, 0.25) is 0 Å². The summed E-state index contributed by atoms with van der Waals surface area (Å²) in [7, 11) is 0. The highest BCUT2D eigenvalue weighted by Gasteiger charge is 2.38. The smallest absolute Gasteiger partial charge is 0.187 e. The lowest BCUT2D eigenvalue weighted by Gasteiger charge is -2.33. The predicted octanol–water partition coefficient (Wildman–Crippen LogP) is 0.808. The predicted molar refractivity (Wildman–Crippen MR) is 36.2 cm³/mol. The van der Waals surface area contributed by atoms with Crippen molar-refractivity contribution in [1.29, 1.82) is 0 Å². The largest absolute Gasteiger partial charge is 0.347 e. The van der Waals surface area contributed by atoms with Gasteiger partial charge in [0.2, 0.25) is 0 Å². The third kappa shape index (κ3) is 1.05. The standard InChI is InChI=1S/C7H13NO2/c1-2-4-7(3-1)9-6-5-8-10-7/h8H,1-6H2. The second-order valence-electron chi connectivity index (χ2n) is 2.96. The van der Waals surface area contributed by atoms with Gasteiger partial charge in [0.05, 0.1) is 6.61 Å². The number of hydroxylamine groups is 1. The summed E-state index contributed by atoms with van der Waals surface area (Å²) in [4.78, 5) is 5.35. The second-order valence-corrected chi connectivity index (χ2v) is 2.96. The average Bonchev–Trinajstić information content (AvgIpc) is 2.39. The zero-order valence-electron chi connectivity index (χ0n) is 6.06. The number of hydrogen-bond acceptors (Lipinski definition) is 3. The normalized spacial score (nSPS) is 31.2. The van der Waals surface area contributed by atoms with Crippen molar-refractivity contribution < 1.29 is 9.57 Å². The summed E-state index contributed by atoms with van der Waals surface area (Å²) in [6.07, 6.45) is 4.59. The Morgan fingerprint density at radius 1 is 1.20 bits per heavy atom. The van der Waals surface area contributed by atoms with E-state index in [4.69, 9.17) is 9.57 Å². The van der Waals surface area contributed by atoms with Crippen molar-refractivity contribution >= 4 is 0 Å². The van der Waals surface area contributed by atoms with Gasteiger partial charge in [-0.25, -0.2) is 0 Å². The highest BCUT2D eigenvalue weighted by molar-refractivity contribution is 4.78. The van der Waals surface area contributed by atoms with Crippen LogP contribution < -0.4 is 5.48 Å². The van der Waals surface area contributed by atoms with Gasteiger partial charge in [-0.15, -0.1) is 0 Å². The van der Waals surface area contributed by atoms with Gasteiger partial charge in [0, 0.05) is 19.4 Å². The van der Waals surface area contributed by atoms with Gasteiger partial charge in [0.15, 0.2) is 5.79 Å². The Labute approximate surface area is 60.6 Å². The monoisotopic (exact) mass is 143 g/mol. The molecule has 0 bridgehead atoms. The van der Waals surface area contributed by atoms with Crippen LogP contribution in [0.3, 0.4) is 0 Å². The van der Waals surface area contributed by atoms with Crippen LogP contribution in [0.5, 0.6) is 0 Å². The molecule has 0 atom stereocenters. The Morgan fingerprint density at radius 3 is 2.60 bits per heavy atom. The van der Waals surface area contributed by atoms with Crippen LogP contribution in [0.25, 0.3) is 0 Å². The molecule has 58 valence electrons. The molecule has 1 saturated heterocycles. The fourth-order valence-corrected chi connectivity index (χ4v) is 1.65. The zero-order chi connectivity index (χ0) is 6.86. The number of ether oxygens (including phenoxy) is 1. The van der Waals surface area contributed by atoms with Crippen molar-refractivity contribution in [2.45, 2.75) is 31.5 Å². The van der Waals surface area contributed by atoms with Crippen LogP contribution in [0.15, 0.2) is 0 Å². The number of rotatable bonds is 0. The lowest BCUT2D eigenvalue weighted by Crippen LogP contribution is -2.45. The summed E-state index contributed by atoms with van der Waals surface area (Å²) < 4.78 is 5.54. The van der Waals surface area contributed by atoms with Crippen molar-refractivity contribution in [3.05, 3.63) is 0 Å². The summed E-state index contributed by atoms with van der Waals surface area (Å²) in [6.45, 7) is 1.61. The Bertz CT molecular complexity index is 113. The Morgan fingerprint density at radius 2 is 2.00 bits per heavy atom. The molecule has 1 heterocycles. The molecule has 0 unspecified atom stereocenters. The summed E-state index contributed by atoms with van der Waals surface area (Å²) in [6, 6.07) is 0. The van der Waals surface area contributed by atoms with E-state index in [0.717, 1.165) is 26.0 Å². The van der Waals surface area contributed by atoms with E-state index in [1.807, 2.05) is 0 Å². The van der Waals surface area contributed by atoms with E-state index in [1.165, 1.54) is 12.8 Å². The zero-order valence-corrected chi connectivity index (χ0v) is 6.06. The third-order valence-electron chi connectivity index (χ3n) is 2.19. The molecule has 2 rings (SSSR count). The summed E-state index contributed by atoms with van der Waals surface area (Å²) in [5.41, 5.74) is 2.89. The molecule has 0 aromatic rings. The maximum Gasteiger partial charge on any atom is 0.187 e. The molecule has 1 spiro atoms. The van der Waals surface area contributed by atoms with Gasteiger partial charge in [-0.2, -0.15) is 5.48 Å². The maximum absolute atomic E-state index is 5.54. The molecule has 1 aliphatic carbocycles. The molecule has 2 fully saturated rings. The first-order valence-corrected chi connectivity index (χ1v) is 3.96. The molecular formula is C7H13NO2. The molecule has 3 heteroatoms. The minimum atomic E-state index is -0.238. The molecule has 0 aromatic carbocycles. The van der Waals surface area contributed by atoms with Gasteiger partial charge in [-0.05, 0) is 12.8 Å². The van der Waals surface area contributed by atoms with Crippen LogP contribution in [-0.2, 0) is 9.57 Å². The van der Waals surface area contributed by atoms with E-state index in [0.29, 0.717) is 0 Å². The molecule has 1 N–H and O–H groups in total. The maximum atomic E-state index is 5.54. The molecule has 0 radical (unpaired) electrons. The molecule has 2 aliphatic rings. The summed E-state index contributed by atoms with van der Waals surface area (Å²) in [5.74, 6) is -0.238. The molecular weight excluding hydrogens is 130 g/mol. The van der Waals surface area contributed by atoms with E-state index >= 15 is 0 Å². The highest BCUT2D eigenvalue weighted by atomic mass is 16.8. The van der Waals surface area contributed by atoms with Gasteiger partial charge in [-0.1, -0.05) is 0 Å². The van der Waals surface area contributed by atoms with E-state index < -0.39 is 0 Å². The SMILES string of the molecule is C1CCC2(C1)OCCNO2. The van der Waals surface area contributed by atoms with Gasteiger partial charge in [0.25, 0.3) is 0 Å². The fraction of sp³-hybridized carbons (Fsp3) is 1.00. The first-order chi connectivity index (χ1) is 4.91. The first-order valence-electron chi connectivity index (χ1n) is 3.96. The van der Waals surface area contributed by atoms with Crippen LogP contribution in [0.4, 0.5) is 0 Å². The lowest BCUT2D eigenvalue weighted by atomic mass is 10.2. The second kappa shape index (κ2) is 2.49. The molecule has 0 aromatic heterocycles. The van der Waals surface area contributed by atoms with Gasteiger partial charge in [0.1, 0.15) is 0 Å². The van der Waals surface area contributed by atoms with Gasteiger partial charge < -0.3 is 4.74 Å². The summed E-state index contributed by atoms with van der Waals surface area (Å²) >= 11 is 0. The molecule has 3 nitrogen and oxygen atoms in total. The average molecular weight is 143 g/mol. The lowest BCUT2D eigenvalue weighted by molar-refractivity contribution is -0.293. The van der Waals surface area contributed by atoms with E-state index in [9.17, 15) is 0 Å². The molecule has 10 heavy (non-hydrogen) atoms. The van der Waals surface area contributed by atoms with Crippen molar-refractivity contribution in [2.75, 3.05) is 13.2 Å². The molecule has 1 aliphatic heterocycles. The number of nitrogens with one attached hydrogen (secondary N) is 1. The van der Waals surface area contributed by atoms with Gasteiger partial charge in [-0.3, -0.25) is 4.84 Å². The van der Waals surface area contributed by atoms with Crippen LogP contribution in [-0.4, -0.2) is 18.9 Å². The van der Waals surface area contributed by atoms with E-state index in [-0.39, 0.29) is 5.79 Å².